The average molecular weight is 495 g/mol. The van der Waals surface area contributed by atoms with Gasteiger partial charge in [-0.1, -0.05) is 32.4 Å². The average Bonchev–Trinajstić information content (AvgIpc) is 2.86. The van der Waals surface area contributed by atoms with E-state index in [0.717, 1.165) is 56.3 Å². The Hall–Kier alpha value is -3.32. The Kier molecular flexibility index (Phi) is 10.4. The van der Waals surface area contributed by atoms with E-state index in [9.17, 15) is 9.59 Å². The molecule has 0 amide bonds. The quantitative estimate of drug-likeness (QED) is 0.140. The lowest BCUT2D eigenvalue weighted by molar-refractivity contribution is -0.141. The van der Waals surface area contributed by atoms with Gasteiger partial charge in [-0.3, -0.25) is 4.79 Å². The lowest BCUT2D eigenvalue weighted by Gasteiger charge is -2.27. The topological polar surface area (TPSA) is 114 Å². The molecule has 0 aromatic heterocycles. The molecule has 1 atom stereocenters. The Labute approximate surface area is 213 Å². The van der Waals surface area contributed by atoms with Crippen molar-refractivity contribution in [1.82, 2.24) is 0 Å². The van der Waals surface area contributed by atoms with E-state index in [0.29, 0.717) is 17.1 Å². The monoisotopic (exact) mass is 494 g/mol. The minimum atomic E-state index is -0.441. The van der Waals surface area contributed by atoms with E-state index in [4.69, 9.17) is 25.7 Å². The van der Waals surface area contributed by atoms with Crippen molar-refractivity contribution < 1.29 is 23.8 Å². The number of esters is 2. The van der Waals surface area contributed by atoms with Crippen LogP contribution in [0.25, 0.3) is 6.08 Å². The van der Waals surface area contributed by atoms with Crippen molar-refractivity contribution in [2.24, 2.45) is 5.92 Å². The molecule has 7 nitrogen and oxygen atoms in total. The number of nitrogen functional groups attached to an aromatic ring is 2. The number of anilines is 2. The van der Waals surface area contributed by atoms with Gasteiger partial charge in [0, 0.05) is 30.0 Å². The van der Waals surface area contributed by atoms with Crippen LogP contribution in [0.3, 0.4) is 0 Å². The largest absolute Gasteiger partial charge is 0.462 e. The highest BCUT2D eigenvalue weighted by Gasteiger charge is 2.28. The number of hydrogen-bond donors (Lipinski definition) is 2. The first-order valence-corrected chi connectivity index (χ1v) is 12.8. The van der Waals surface area contributed by atoms with Crippen LogP contribution < -0.4 is 16.2 Å². The number of carbonyl (C=O) groups excluding carboxylic acids is 2. The third kappa shape index (κ3) is 8.72. The third-order valence-electron chi connectivity index (χ3n) is 6.41. The Balaban J connectivity index is 1.41. The summed E-state index contributed by atoms with van der Waals surface area (Å²) in [4.78, 5) is 24.7. The molecule has 1 aliphatic carbocycles. The number of hydrogen-bond acceptors (Lipinski definition) is 7. The van der Waals surface area contributed by atoms with E-state index in [1.807, 2.05) is 19.1 Å². The molecule has 0 aliphatic heterocycles. The van der Waals surface area contributed by atoms with Gasteiger partial charge in [-0.05, 0) is 79.6 Å². The van der Waals surface area contributed by atoms with E-state index in [2.05, 4.69) is 6.92 Å². The van der Waals surface area contributed by atoms with Gasteiger partial charge in [-0.2, -0.15) is 0 Å². The molecule has 7 heteroatoms. The van der Waals surface area contributed by atoms with Gasteiger partial charge in [0.15, 0.2) is 0 Å². The number of nitrogens with two attached hydrogens (primary N) is 2. The molecule has 2 aromatic carbocycles. The minimum absolute atomic E-state index is 0.0363. The van der Waals surface area contributed by atoms with Crippen LogP contribution in [0.2, 0.25) is 0 Å². The molecule has 2 aromatic rings. The van der Waals surface area contributed by atoms with Crippen LogP contribution in [0, 0.1) is 5.92 Å². The smallest absolute Gasteiger partial charge is 0.330 e. The number of ether oxygens (including phenoxy) is 3. The molecule has 0 heterocycles. The van der Waals surface area contributed by atoms with Crippen LogP contribution in [0.5, 0.6) is 5.75 Å². The fourth-order valence-corrected chi connectivity index (χ4v) is 4.21. The van der Waals surface area contributed by atoms with Gasteiger partial charge < -0.3 is 25.7 Å². The van der Waals surface area contributed by atoms with Gasteiger partial charge in [0.2, 0.25) is 0 Å². The second-order valence-corrected chi connectivity index (χ2v) is 9.49. The van der Waals surface area contributed by atoms with Gasteiger partial charge in [-0.15, -0.1) is 0 Å². The maximum atomic E-state index is 12.5. The van der Waals surface area contributed by atoms with Crippen molar-refractivity contribution >= 4 is 29.4 Å². The van der Waals surface area contributed by atoms with E-state index < -0.39 is 5.97 Å². The van der Waals surface area contributed by atoms with Gasteiger partial charge in [0.25, 0.3) is 0 Å². The van der Waals surface area contributed by atoms with Crippen molar-refractivity contribution in [2.75, 3.05) is 24.7 Å². The molecular formula is C29H38N2O5. The normalized spacial score (nSPS) is 18.6. The molecule has 1 fully saturated rings. The Bertz CT molecular complexity index is 1010. The van der Waals surface area contributed by atoms with Gasteiger partial charge in [-0.25, -0.2) is 4.79 Å². The maximum Gasteiger partial charge on any atom is 0.330 e. The predicted molar refractivity (Wildman–Crippen MR) is 142 cm³/mol. The predicted octanol–water partition coefficient (Wildman–Crippen LogP) is 5.49. The molecule has 4 N–H and O–H groups in total. The summed E-state index contributed by atoms with van der Waals surface area (Å²) >= 11 is 0. The molecule has 194 valence electrons. The number of unbranched alkanes of at least 4 members (excludes halogenated alkanes) is 1. The third-order valence-corrected chi connectivity index (χ3v) is 6.41. The van der Waals surface area contributed by atoms with Crippen molar-refractivity contribution in [1.29, 1.82) is 0 Å². The van der Waals surface area contributed by atoms with E-state index in [1.165, 1.54) is 6.08 Å². The second kappa shape index (κ2) is 13.7. The molecule has 0 bridgehead atoms. The van der Waals surface area contributed by atoms with Crippen LogP contribution in [0.1, 0.15) is 69.4 Å². The summed E-state index contributed by atoms with van der Waals surface area (Å²) in [5, 5.41) is 0. The zero-order chi connectivity index (χ0) is 25.9. The van der Waals surface area contributed by atoms with Crippen molar-refractivity contribution in [3.05, 3.63) is 59.7 Å². The fourth-order valence-electron chi connectivity index (χ4n) is 4.21. The summed E-state index contributed by atoms with van der Waals surface area (Å²) in [6.45, 7) is 5.11. The number of carbonyl (C=O) groups is 2. The van der Waals surface area contributed by atoms with Crippen LogP contribution in [-0.2, 0) is 19.1 Å². The lowest BCUT2D eigenvalue weighted by Crippen LogP contribution is -2.29. The van der Waals surface area contributed by atoms with Crippen molar-refractivity contribution in [2.45, 2.75) is 64.4 Å². The molecule has 1 unspecified atom stereocenters. The zero-order valence-corrected chi connectivity index (χ0v) is 21.3. The SMILES string of the molecule is CCCCOC1CCC(C(=O)Oc2ccc(/C=C/C(=O)OCC(C)c3cc(N)cc(N)c3)cc2)CC1. The first-order chi connectivity index (χ1) is 17.3. The lowest BCUT2D eigenvalue weighted by atomic mass is 9.87. The van der Waals surface area contributed by atoms with Crippen LogP contribution in [0.15, 0.2) is 48.5 Å². The molecule has 36 heavy (non-hydrogen) atoms. The summed E-state index contributed by atoms with van der Waals surface area (Å²) in [5.41, 5.74) is 14.5. The second-order valence-electron chi connectivity index (χ2n) is 9.49. The van der Waals surface area contributed by atoms with E-state index in [1.54, 1.807) is 36.4 Å². The molecule has 0 radical (unpaired) electrons. The Morgan fingerprint density at radius 1 is 1.03 bits per heavy atom. The van der Waals surface area contributed by atoms with E-state index in [-0.39, 0.29) is 30.5 Å². The van der Waals surface area contributed by atoms with Crippen LogP contribution in [0.4, 0.5) is 11.4 Å². The highest BCUT2D eigenvalue weighted by molar-refractivity contribution is 5.87. The van der Waals surface area contributed by atoms with Crippen LogP contribution >= 0.6 is 0 Å². The summed E-state index contributed by atoms with van der Waals surface area (Å²) in [6, 6.07) is 12.4. The minimum Gasteiger partial charge on any atom is -0.462 e. The molecule has 0 spiro atoms. The van der Waals surface area contributed by atoms with Crippen LogP contribution in [-0.4, -0.2) is 31.3 Å². The van der Waals surface area contributed by atoms with Crippen molar-refractivity contribution in [3.8, 4) is 5.75 Å². The molecular weight excluding hydrogens is 456 g/mol. The zero-order valence-electron chi connectivity index (χ0n) is 21.3. The summed E-state index contributed by atoms with van der Waals surface area (Å²) < 4.78 is 16.8. The molecule has 1 saturated carbocycles. The first-order valence-electron chi connectivity index (χ1n) is 12.8. The molecule has 3 rings (SSSR count). The van der Waals surface area contributed by atoms with Gasteiger partial charge in [0.05, 0.1) is 18.6 Å². The standard InChI is InChI=1S/C29H38N2O5/c1-3-4-15-34-26-12-8-22(9-13-26)29(33)36-27-10-5-21(6-11-27)7-14-28(32)35-19-20(2)23-16-24(30)18-25(31)17-23/h5-7,10-11,14,16-18,20,22,26H,3-4,8-9,12-13,15,19,30-31H2,1-2H3/b14-7+. The molecule has 1 aliphatic rings. The number of rotatable bonds is 11. The number of benzene rings is 2. The fraction of sp³-hybridized carbons (Fsp3) is 0.448. The summed E-state index contributed by atoms with van der Waals surface area (Å²) in [5.74, 6) is -0.257. The van der Waals surface area contributed by atoms with E-state index >= 15 is 0 Å². The van der Waals surface area contributed by atoms with Crippen molar-refractivity contribution in [3.63, 3.8) is 0 Å². The highest BCUT2D eigenvalue weighted by Crippen LogP contribution is 2.28. The molecule has 0 saturated heterocycles. The first kappa shape index (κ1) is 27.3. The maximum absolute atomic E-state index is 12.5. The Morgan fingerprint density at radius 2 is 1.69 bits per heavy atom. The van der Waals surface area contributed by atoms with Gasteiger partial charge >= 0.3 is 11.9 Å². The summed E-state index contributed by atoms with van der Waals surface area (Å²) in [6.07, 6.45) is 8.89. The Morgan fingerprint density at radius 3 is 2.33 bits per heavy atom. The van der Waals surface area contributed by atoms with Gasteiger partial charge in [0.1, 0.15) is 5.75 Å². The highest BCUT2D eigenvalue weighted by atomic mass is 16.5. The summed E-state index contributed by atoms with van der Waals surface area (Å²) in [7, 11) is 0.